The molecule has 0 atom stereocenters. The van der Waals surface area contributed by atoms with Crippen LogP contribution in [0.1, 0.15) is 28.4 Å². The molecule has 0 aliphatic carbocycles. The Labute approximate surface area is 128 Å². The van der Waals surface area contributed by atoms with Gasteiger partial charge < -0.3 is 9.84 Å². The first-order valence-corrected chi connectivity index (χ1v) is 6.70. The maximum Gasteiger partial charge on any atom is 0.338 e. The van der Waals surface area contributed by atoms with Crippen molar-refractivity contribution in [2.45, 2.75) is 13.8 Å². The highest BCUT2D eigenvalue weighted by atomic mass is 16.5. The number of hydrogen-bond donors (Lipinski definition) is 1. The zero-order chi connectivity index (χ0) is 16.3. The second-order valence-corrected chi connectivity index (χ2v) is 5.04. The maximum absolute atomic E-state index is 12.3. The second kappa shape index (κ2) is 6.26. The van der Waals surface area contributed by atoms with Crippen LogP contribution in [0.25, 0.3) is 0 Å². The summed E-state index contributed by atoms with van der Waals surface area (Å²) >= 11 is 0. The van der Waals surface area contributed by atoms with Crippen molar-refractivity contribution >= 4 is 11.8 Å². The number of benzene rings is 2. The minimum atomic E-state index is -0.518. The average molecular weight is 296 g/mol. The summed E-state index contributed by atoms with van der Waals surface area (Å²) in [5.41, 5.74) is 1.80. The number of carbonyl (C=O) groups is 2. The first-order valence-electron chi connectivity index (χ1n) is 6.70. The Kier molecular flexibility index (Phi) is 4.41. The van der Waals surface area contributed by atoms with Gasteiger partial charge in [-0.3, -0.25) is 4.79 Å². The molecule has 0 amide bonds. The number of aryl methyl sites for hydroxylation is 1. The monoisotopic (exact) mass is 296 g/mol. The van der Waals surface area contributed by atoms with Gasteiger partial charge >= 0.3 is 5.97 Å². The largest absolute Gasteiger partial charge is 0.507 e. The van der Waals surface area contributed by atoms with Gasteiger partial charge in [0.25, 0.3) is 0 Å². The van der Waals surface area contributed by atoms with Gasteiger partial charge in [0.15, 0.2) is 5.78 Å². The van der Waals surface area contributed by atoms with Gasteiger partial charge in [-0.15, -0.1) is 0 Å². The molecule has 2 aromatic carbocycles. The highest BCUT2D eigenvalue weighted by Crippen LogP contribution is 2.23. The molecule has 1 N–H and O–H groups in total. The SMILES string of the molecule is C=C(C)C(=O)Oc1ccc(C(=O)c2ccc(C)cc2O)cc1. The molecular weight excluding hydrogens is 280 g/mol. The lowest BCUT2D eigenvalue weighted by Gasteiger charge is -2.07. The molecule has 112 valence electrons. The quantitative estimate of drug-likeness (QED) is 0.406. The van der Waals surface area contributed by atoms with Crippen molar-refractivity contribution in [3.05, 3.63) is 71.3 Å². The summed E-state index contributed by atoms with van der Waals surface area (Å²) in [7, 11) is 0. The maximum atomic E-state index is 12.3. The van der Waals surface area contributed by atoms with Gasteiger partial charge in [-0.1, -0.05) is 12.6 Å². The summed E-state index contributed by atoms with van der Waals surface area (Å²) in [6.07, 6.45) is 0. The van der Waals surface area contributed by atoms with Crippen molar-refractivity contribution in [2.24, 2.45) is 0 Å². The third kappa shape index (κ3) is 3.41. The van der Waals surface area contributed by atoms with Crippen molar-refractivity contribution in [1.29, 1.82) is 0 Å². The van der Waals surface area contributed by atoms with Crippen LogP contribution in [0.4, 0.5) is 0 Å². The molecule has 22 heavy (non-hydrogen) atoms. The van der Waals surface area contributed by atoms with E-state index in [1.807, 2.05) is 6.92 Å². The Bertz CT molecular complexity index is 742. The number of phenols is 1. The molecule has 4 nitrogen and oxygen atoms in total. The number of phenolic OH excluding ortho intramolecular Hbond substituents is 1. The normalized spacial score (nSPS) is 10.1. The molecule has 0 aromatic heterocycles. The smallest absolute Gasteiger partial charge is 0.338 e. The van der Waals surface area contributed by atoms with E-state index in [-0.39, 0.29) is 17.1 Å². The lowest BCUT2D eigenvalue weighted by Crippen LogP contribution is -2.08. The highest BCUT2D eigenvalue weighted by molar-refractivity contribution is 6.10. The molecule has 0 aliphatic heterocycles. The van der Waals surface area contributed by atoms with Crippen LogP contribution in [0.5, 0.6) is 11.5 Å². The van der Waals surface area contributed by atoms with Crippen LogP contribution < -0.4 is 4.74 Å². The summed E-state index contributed by atoms with van der Waals surface area (Å²) in [4.78, 5) is 23.7. The summed E-state index contributed by atoms with van der Waals surface area (Å²) < 4.78 is 5.06. The van der Waals surface area contributed by atoms with Gasteiger partial charge in [0.05, 0.1) is 5.56 Å². The molecule has 0 aliphatic rings. The first kappa shape index (κ1) is 15.5. The summed E-state index contributed by atoms with van der Waals surface area (Å²) in [5.74, 6) is -0.536. The van der Waals surface area contributed by atoms with Gasteiger partial charge in [0, 0.05) is 11.1 Å². The molecule has 0 saturated heterocycles. The van der Waals surface area contributed by atoms with E-state index in [2.05, 4.69) is 6.58 Å². The zero-order valence-electron chi connectivity index (χ0n) is 12.4. The lowest BCUT2D eigenvalue weighted by atomic mass is 10.0. The lowest BCUT2D eigenvalue weighted by molar-refractivity contribution is -0.130. The van der Waals surface area contributed by atoms with Gasteiger partial charge in [-0.2, -0.15) is 0 Å². The second-order valence-electron chi connectivity index (χ2n) is 5.04. The fourth-order valence-electron chi connectivity index (χ4n) is 1.86. The Balaban J connectivity index is 2.21. The van der Waals surface area contributed by atoms with E-state index in [0.717, 1.165) is 5.56 Å². The zero-order valence-corrected chi connectivity index (χ0v) is 12.4. The number of aromatic hydroxyl groups is 1. The molecule has 0 saturated carbocycles. The minimum Gasteiger partial charge on any atom is -0.507 e. The van der Waals surface area contributed by atoms with Gasteiger partial charge in [-0.25, -0.2) is 4.79 Å². The topological polar surface area (TPSA) is 63.6 Å². The number of rotatable bonds is 4. The fraction of sp³-hybridized carbons (Fsp3) is 0.111. The molecule has 0 heterocycles. The number of ether oxygens (including phenoxy) is 1. The van der Waals surface area contributed by atoms with Crippen molar-refractivity contribution in [1.82, 2.24) is 0 Å². The molecular formula is C18H16O4. The highest BCUT2D eigenvalue weighted by Gasteiger charge is 2.14. The first-order chi connectivity index (χ1) is 10.4. The Hall–Kier alpha value is -2.88. The van der Waals surface area contributed by atoms with Crippen molar-refractivity contribution in [2.75, 3.05) is 0 Å². The molecule has 2 rings (SSSR count). The molecule has 2 aromatic rings. The predicted octanol–water partition coefficient (Wildman–Crippen LogP) is 3.41. The van der Waals surface area contributed by atoms with E-state index in [4.69, 9.17) is 4.74 Å². The van der Waals surface area contributed by atoms with Crippen LogP contribution in [0.15, 0.2) is 54.6 Å². The van der Waals surface area contributed by atoms with Crippen LogP contribution in [-0.4, -0.2) is 16.9 Å². The van der Waals surface area contributed by atoms with E-state index in [9.17, 15) is 14.7 Å². The van der Waals surface area contributed by atoms with Crippen LogP contribution >= 0.6 is 0 Å². The van der Waals surface area contributed by atoms with E-state index in [0.29, 0.717) is 16.9 Å². The minimum absolute atomic E-state index is 0.0530. The van der Waals surface area contributed by atoms with Gasteiger partial charge in [0.2, 0.25) is 0 Å². The van der Waals surface area contributed by atoms with Crippen molar-refractivity contribution in [3.63, 3.8) is 0 Å². The Morgan fingerprint density at radius 1 is 1.09 bits per heavy atom. The number of esters is 1. The van der Waals surface area contributed by atoms with Crippen LogP contribution in [0, 0.1) is 6.92 Å². The number of hydrogen-bond acceptors (Lipinski definition) is 4. The summed E-state index contributed by atoms with van der Waals surface area (Å²) in [5, 5.41) is 9.86. The van der Waals surface area contributed by atoms with Crippen molar-refractivity contribution < 1.29 is 19.4 Å². The Morgan fingerprint density at radius 2 is 1.73 bits per heavy atom. The van der Waals surface area contributed by atoms with E-state index in [1.54, 1.807) is 31.2 Å². The van der Waals surface area contributed by atoms with E-state index < -0.39 is 5.97 Å². The Morgan fingerprint density at radius 3 is 2.27 bits per heavy atom. The molecule has 0 unspecified atom stereocenters. The summed E-state index contributed by atoms with van der Waals surface area (Å²) in [6, 6.07) is 11.0. The number of carbonyl (C=O) groups excluding carboxylic acids is 2. The van der Waals surface area contributed by atoms with Gasteiger partial charge in [-0.05, 0) is 55.8 Å². The number of ketones is 1. The van der Waals surface area contributed by atoms with Gasteiger partial charge in [0.1, 0.15) is 11.5 Å². The fourth-order valence-corrected chi connectivity index (χ4v) is 1.86. The molecule has 0 radical (unpaired) electrons. The molecule has 0 bridgehead atoms. The van der Waals surface area contributed by atoms with Crippen molar-refractivity contribution in [3.8, 4) is 11.5 Å². The average Bonchev–Trinajstić information content (AvgIpc) is 2.47. The standard InChI is InChI=1S/C18H16O4/c1-11(2)18(21)22-14-7-5-13(6-8-14)17(20)15-9-4-12(3)10-16(15)19/h4-10,19H,1H2,2-3H3. The van der Waals surface area contributed by atoms with Crippen LogP contribution in [-0.2, 0) is 4.79 Å². The van der Waals surface area contributed by atoms with Crippen LogP contribution in [0.2, 0.25) is 0 Å². The van der Waals surface area contributed by atoms with E-state index >= 15 is 0 Å². The third-order valence-electron chi connectivity index (χ3n) is 3.07. The third-order valence-corrected chi connectivity index (χ3v) is 3.07. The molecule has 0 fully saturated rings. The molecule has 4 heteroatoms. The molecule has 0 spiro atoms. The summed E-state index contributed by atoms with van der Waals surface area (Å²) in [6.45, 7) is 6.89. The van der Waals surface area contributed by atoms with E-state index in [1.165, 1.54) is 18.2 Å². The predicted molar refractivity (Wildman–Crippen MR) is 83.2 cm³/mol. The van der Waals surface area contributed by atoms with Crippen LogP contribution in [0.3, 0.4) is 0 Å².